The van der Waals surface area contributed by atoms with Crippen molar-refractivity contribution in [3.05, 3.63) is 243 Å². The molecule has 298 valence electrons. The van der Waals surface area contributed by atoms with E-state index in [4.69, 9.17) is 0 Å². The van der Waals surface area contributed by atoms with Crippen LogP contribution in [0.5, 0.6) is 0 Å². The molecule has 0 aromatic heterocycles. The van der Waals surface area contributed by atoms with Crippen molar-refractivity contribution in [3.8, 4) is 0 Å². The van der Waals surface area contributed by atoms with Gasteiger partial charge in [-0.05, 0) is 112 Å². The second-order valence-corrected chi connectivity index (χ2v) is 23.3. The zero-order valence-electron chi connectivity index (χ0n) is 33.4. The predicted molar refractivity (Wildman–Crippen MR) is 265 cm³/mol. The average molecular weight is 931 g/mol. The molecule has 0 aliphatic heterocycles. The molecule has 0 fully saturated rings. The van der Waals surface area contributed by atoms with Crippen LogP contribution < -0.4 is 42.4 Å². The van der Waals surface area contributed by atoms with Gasteiger partial charge in [0, 0.05) is 20.4 Å². The van der Waals surface area contributed by atoms with Gasteiger partial charge in [0.2, 0.25) is 0 Å². The molecule has 8 aromatic rings. The summed E-state index contributed by atoms with van der Waals surface area (Å²) in [5, 5.41) is 11.9. The van der Waals surface area contributed by atoms with Gasteiger partial charge in [0.25, 0.3) is 0 Å². The van der Waals surface area contributed by atoms with Crippen LogP contribution in [0.3, 0.4) is 0 Å². The van der Waals surface area contributed by atoms with Crippen LogP contribution in [0.4, 0.5) is 0 Å². The number of rotatable bonds is 16. The summed E-state index contributed by atoms with van der Waals surface area (Å²) in [5.74, 6) is 0. The largest absolute Gasteiger partial charge is 0.0622 e. The van der Waals surface area contributed by atoms with Crippen molar-refractivity contribution >= 4 is 74.1 Å². The van der Waals surface area contributed by atoms with Crippen LogP contribution in [-0.2, 0) is 20.4 Å². The van der Waals surface area contributed by atoms with Crippen molar-refractivity contribution in [2.24, 2.45) is 0 Å². The van der Waals surface area contributed by atoms with E-state index in [2.05, 4.69) is 243 Å². The Morgan fingerprint density at radius 2 is 0.305 bits per heavy atom. The van der Waals surface area contributed by atoms with Crippen LogP contribution in [0.2, 0.25) is 0 Å². The topological polar surface area (TPSA) is 0 Å². The summed E-state index contributed by atoms with van der Waals surface area (Å²) in [7, 11) is -1.24. The minimum atomic E-state index is -0.309. The van der Waals surface area contributed by atoms with Gasteiger partial charge in [0.1, 0.15) is 0 Å². The molecule has 0 saturated heterocycles. The van der Waals surface area contributed by atoms with Crippen LogP contribution in [0.25, 0.3) is 0 Å². The van der Waals surface area contributed by atoms with Gasteiger partial charge in [0.05, 0.1) is 0 Å². The number of hydrogen-bond acceptors (Lipinski definition) is 0. The van der Waals surface area contributed by atoms with Crippen molar-refractivity contribution in [3.63, 3.8) is 0 Å². The summed E-state index contributed by atoms with van der Waals surface area (Å²) in [6.45, 7) is 0. The molecule has 0 radical (unpaired) electrons. The molecule has 0 saturated carbocycles. The van der Waals surface area contributed by atoms with Gasteiger partial charge in [-0.15, -0.1) is 0 Å². The van der Waals surface area contributed by atoms with E-state index in [1.807, 2.05) is 0 Å². The third-order valence-electron chi connectivity index (χ3n) is 10.1. The summed E-state index contributed by atoms with van der Waals surface area (Å²) < 4.78 is 0. The molecule has 0 aliphatic rings. The van der Waals surface area contributed by atoms with Gasteiger partial charge in [-0.2, -0.15) is 0 Å². The summed E-state index contributed by atoms with van der Waals surface area (Å²) >= 11 is 0. The van der Waals surface area contributed by atoms with Gasteiger partial charge in [-0.1, -0.05) is 243 Å². The average Bonchev–Trinajstić information content (AvgIpc) is 3.32. The zero-order chi connectivity index (χ0) is 39.5. The minimum absolute atomic E-state index is 0. The fourth-order valence-electron chi connectivity index (χ4n) is 7.27. The first-order valence-corrected chi connectivity index (χ1v) is 26.4. The molecule has 0 atom stereocenters. The Kier molecular flexibility index (Phi) is 19.0. The van der Waals surface area contributed by atoms with Crippen molar-refractivity contribution in [1.29, 1.82) is 0 Å². The molecule has 0 amide bonds. The Morgan fingerprint density at radius 3 is 0.424 bits per heavy atom. The van der Waals surface area contributed by atoms with Gasteiger partial charge < -0.3 is 0 Å². The van der Waals surface area contributed by atoms with Crippen molar-refractivity contribution in [1.82, 2.24) is 0 Å². The maximum atomic E-state index is 2.30. The summed E-state index contributed by atoms with van der Waals surface area (Å²) in [6, 6.07) is 88.6. The quantitative estimate of drug-likeness (QED) is 0.0669. The van der Waals surface area contributed by atoms with Crippen LogP contribution in [0.15, 0.2) is 243 Å². The molecule has 8 aromatic carbocycles. The molecule has 0 N–H and O–H groups in total. The third kappa shape index (κ3) is 13.6. The Hall–Kier alpha value is -3.86. The zero-order valence-corrected chi connectivity index (χ0v) is 38.6. The third-order valence-corrected chi connectivity index (χ3v) is 20.5. The first-order valence-electron chi connectivity index (χ1n) is 20.3. The fourth-order valence-corrected chi connectivity index (χ4v) is 17.2. The van der Waals surface area contributed by atoms with Crippen molar-refractivity contribution in [2.45, 2.75) is 12.8 Å². The molecular formula is C54H52P4Pd. The molecule has 0 heterocycles. The molecular weight excluding hydrogens is 879 g/mol. The Labute approximate surface area is 372 Å². The summed E-state index contributed by atoms with van der Waals surface area (Å²) in [6.07, 6.45) is 7.43. The number of benzene rings is 8. The van der Waals surface area contributed by atoms with Gasteiger partial charge >= 0.3 is 0 Å². The van der Waals surface area contributed by atoms with Crippen LogP contribution in [0.1, 0.15) is 12.8 Å². The molecule has 5 heteroatoms. The van der Waals surface area contributed by atoms with E-state index < -0.39 is 0 Å². The van der Waals surface area contributed by atoms with E-state index >= 15 is 0 Å². The Bertz CT molecular complexity index is 1790. The van der Waals surface area contributed by atoms with E-state index in [1.54, 1.807) is 0 Å². The Balaban J connectivity index is 0.000000195. The second-order valence-electron chi connectivity index (χ2n) is 14.0. The fraction of sp³-hybridized carbons (Fsp3) is 0.111. The van der Waals surface area contributed by atoms with Gasteiger partial charge in [0.15, 0.2) is 0 Å². The van der Waals surface area contributed by atoms with Crippen LogP contribution >= 0.6 is 31.7 Å². The normalized spacial score (nSPS) is 10.9. The first-order chi connectivity index (χ1) is 28.8. The van der Waals surface area contributed by atoms with E-state index in [9.17, 15) is 0 Å². The minimum Gasteiger partial charge on any atom is -0.0622 e. The van der Waals surface area contributed by atoms with Crippen molar-refractivity contribution in [2.75, 3.05) is 24.6 Å². The standard InChI is InChI=1S/2C27H26P2.Pd/c2*1-5-14-24(15-6-1)28(25-16-7-2-8-17-25)22-13-23-29(26-18-9-3-10-19-26)27-20-11-4-12-21-27;/h2*1-12,14-21H,13,22-23H2;. The van der Waals surface area contributed by atoms with Crippen LogP contribution in [0, 0.1) is 0 Å². The maximum absolute atomic E-state index is 2.30. The molecule has 0 aliphatic carbocycles. The SMILES string of the molecule is [Pd].c1ccc(P(CCCP(c2ccccc2)c2ccccc2)c2ccccc2)cc1.c1ccc(P(CCCP(c2ccccc2)c2ccccc2)c2ccccc2)cc1. The van der Waals surface area contributed by atoms with Crippen LogP contribution in [-0.4, -0.2) is 24.6 Å². The molecule has 8 rings (SSSR count). The second kappa shape index (κ2) is 25.0. The molecule has 0 bridgehead atoms. The summed E-state index contributed by atoms with van der Waals surface area (Å²) in [5.41, 5.74) is 0. The molecule has 0 nitrogen and oxygen atoms in total. The van der Waals surface area contributed by atoms with Crippen molar-refractivity contribution < 1.29 is 20.4 Å². The smallest absolute Gasteiger partial charge is 0 e. The van der Waals surface area contributed by atoms with Gasteiger partial charge in [-0.25, -0.2) is 0 Å². The Morgan fingerprint density at radius 1 is 0.186 bits per heavy atom. The maximum Gasteiger partial charge on any atom is 0 e. The van der Waals surface area contributed by atoms with Gasteiger partial charge in [-0.3, -0.25) is 0 Å². The number of hydrogen-bond donors (Lipinski definition) is 0. The van der Waals surface area contributed by atoms with E-state index in [1.165, 1.54) is 79.9 Å². The molecule has 0 unspecified atom stereocenters. The predicted octanol–water partition coefficient (Wildman–Crippen LogP) is 11.3. The molecule has 0 spiro atoms. The monoisotopic (exact) mass is 930 g/mol. The summed E-state index contributed by atoms with van der Waals surface area (Å²) in [4.78, 5) is 0. The van der Waals surface area contributed by atoms with E-state index in [-0.39, 0.29) is 52.1 Å². The van der Waals surface area contributed by atoms with E-state index in [0.717, 1.165) is 0 Å². The first kappa shape index (κ1) is 44.7. The van der Waals surface area contributed by atoms with E-state index in [0.29, 0.717) is 0 Å². The molecule has 59 heavy (non-hydrogen) atoms.